The molecule has 2 heterocycles. The molecule has 128 valence electrons. The van der Waals surface area contributed by atoms with E-state index in [9.17, 15) is 4.79 Å². The third-order valence-electron chi connectivity index (χ3n) is 3.95. The number of carbonyl (C=O) groups excluding carboxylic acids is 1. The van der Waals surface area contributed by atoms with E-state index in [2.05, 4.69) is 11.6 Å². The number of aromatic nitrogens is 1. The summed E-state index contributed by atoms with van der Waals surface area (Å²) in [6, 6.07) is 11.2. The highest BCUT2D eigenvalue weighted by molar-refractivity contribution is 6.36. The lowest BCUT2D eigenvalue weighted by atomic mass is 10.0. The quantitative estimate of drug-likeness (QED) is 0.792. The Morgan fingerprint density at radius 3 is 2.72 bits per heavy atom. The Morgan fingerprint density at radius 1 is 1.28 bits per heavy atom. The van der Waals surface area contributed by atoms with Crippen molar-refractivity contribution >= 4 is 34.7 Å². The zero-order valence-electron chi connectivity index (χ0n) is 14.2. The molecule has 1 aromatic heterocycles. The zero-order valence-corrected chi connectivity index (χ0v) is 15.0. The van der Waals surface area contributed by atoms with E-state index in [1.807, 2.05) is 55.4 Å². The van der Waals surface area contributed by atoms with Crippen LogP contribution in [-0.2, 0) is 4.79 Å². The third-order valence-corrected chi connectivity index (χ3v) is 4.28. The number of anilines is 2. The summed E-state index contributed by atoms with van der Waals surface area (Å²) >= 11 is 6.38. The molecule has 0 fully saturated rings. The molecule has 0 unspecified atom stereocenters. The molecule has 1 amide bonds. The number of pyridine rings is 1. The van der Waals surface area contributed by atoms with E-state index in [4.69, 9.17) is 16.6 Å². The van der Waals surface area contributed by atoms with Crippen LogP contribution in [0.25, 0.3) is 0 Å². The average Bonchev–Trinajstić information content (AvgIpc) is 2.73. The van der Waals surface area contributed by atoms with E-state index >= 15 is 0 Å². The molecule has 1 aliphatic rings. The summed E-state index contributed by atoms with van der Waals surface area (Å²) in [7, 11) is 3.84. The second-order valence-electron chi connectivity index (χ2n) is 5.87. The van der Waals surface area contributed by atoms with Crippen molar-refractivity contribution in [3.63, 3.8) is 0 Å². The van der Waals surface area contributed by atoms with Gasteiger partial charge in [0.25, 0.3) is 0 Å². The smallest absolute Gasteiger partial charge is 0.249 e. The summed E-state index contributed by atoms with van der Waals surface area (Å²) in [5.74, 6) is 0.689. The van der Waals surface area contributed by atoms with Gasteiger partial charge < -0.3 is 9.80 Å². The van der Waals surface area contributed by atoms with Crippen LogP contribution in [0, 0.1) is 0 Å². The first-order chi connectivity index (χ1) is 12.0. The highest BCUT2D eigenvalue weighted by atomic mass is 35.5. The topological polar surface area (TPSA) is 48.8 Å². The Kier molecular flexibility index (Phi) is 4.86. The molecule has 0 aliphatic carbocycles. The van der Waals surface area contributed by atoms with Gasteiger partial charge in [-0.15, -0.1) is 6.58 Å². The number of carbonyl (C=O) groups is 1. The Balaban J connectivity index is 2.25. The molecule has 6 heteroatoms. The highest BCUT2D eigenvalue weighted by Crippen LogP contribution is 2.29. The molecule has 2 aromatic rings. The number of nitrogens with zero attached hydrogens (tertiary/aromatic N) is 4. The minimum absolute atomic E-state index is 0.0437. The number of amides is 1. The van der Waals surface area contributed by atoms with Crippen LogP contribution in [0.5, 0.6) is 0 Å². The predicted molar refractivity (Wildman–Crippen MR) is 103 cm³/mol. The average molecular weight is 355 g/mol. The molecule has 1 aromatic carbocycles. The lowest BCUT2D eigenvalue weighted by Crippen LogP contribution is -2.32. The molecular formula is C19H19ClN4O. The molecule has 0 saturated heterocycles. The van der Waals surface area contributed by atoms with Gasteiger partial charge >= 0.3 is 0 Å². The Morgan fingerprint density at radius 2 is 2.04 bits per heavy atom. The van der Waals surface area contributed by atoms with Crippen molar-refractivity contribution < 1.29 is 4.79 Å². The summed E-state index contributed by atoms with van der Waals surface area (Å²) in [6.45, 7) is 4.20. The van der Waals surface area contributed by atoms with Gasteiger partial charge in [-0.1, -0.05) is 35.9 Å². The van der Waals surface area contributed by atoms with Crippen molar-refractivity contribution in [1.29, 1.82) is 0 Å². The minimum Gasteiger partial charge on any atom is -0.363 e. The van der Waals surface area contributed by atoms with Crippen LogP contribution in [0.4, 0.5) is 11.5 Å². The molecule has 0 saturated carbocycles. The summed E-state index contributed by atoms with van der Waals surface area (Å²) in [5, 5.41) is 0.578. The monoisotopic (exact) mass is 354 g/mol. The summed E-state index contributed by atoms with van der Waals surface area (Å²) in [5.41, 5.74) is 2.75. The van der Waals surface area contributed by atoms with Crippen LogP contribution in [0.1, 0.15) is 11.3 Å². The molecule has 1 aliphatic heterocycles. The second-order valence-corrected chi connectivity index (χ2v) is 6.28. The van der Waals surface area contributed by atoms with Crippen LogP contribution in [0.2, 0.25) is 5.02 Å². The summed E-state index contributed by atoms with van der Waals surface area (Å²) in [4.78, 5) is 25.4. The maximum Gasteiger partial charge on any atom is 0.249 e. The van der Waals surface area contributed by atoms with Crippen LogP contribution >= 0.6 is 11.6 Å². The van der Waals surface area contributed by atoms with Gasteiger partial charge in [0, 0.05) is 26.2 Å². The first kappa shape index (κ1) is 17.2. The molecule has 0 radical (unpaired) electrons. The minimum atomic E-state index is -0.0948. The molecule has 0 atom stereocenters. The van der Waals surface area contributed by atoms with Crippen molar-refractivity contribution in [2.24, 2.45) is 4.99 Å². The normalized spacial score (nSPS) is 13.8. The van der Waals surface area contributed by atoms with Gasteiger partial charge in [-0.05, 0) is 18.2 Å². The zero-order chi connectivity index (χ0) is 18.0. The first-order valence-electron chi connectivity index (χ1n) is 7.92. The maximum atomic E-state index is 12.5. The fourth-order valence-corrected chi connectivity index (χ4v) is 2.94. The lowest BCUT2D eigenvalue weighted by Gasteiger charge is -2.22. The van der Waals surface area contributed by atoms with Crippen LogP contribution in [-0.4, -0.2) is 43.8 Å². The van der Waals surface area contributed by atoms with E-state index in [1.54, 1.807) is 11.0 Å². The molecule has 0 bridgehead atoms. The van der Waals surface area contributed by atoms with Crippen molar-refractivity contribution in [2.75, 3.05) is 37.0 Å². The van der Waals surface area contributed by atoms with E-state index in [0.717, 1.165) is 11.4 Å². The molecule has 3 rings (SSSR count). The number of rotatable bonds is 4. The van der Waals surface area contributed by atoms with Gasteiger partial charge in [0.2, 0.25) is 5.91 Å². The Hall–Kier alpha value is -2.66. The van der Waals surface area contributed by atoms with E-state index < -0.39 is 0 Å². The number of hydrogen-bond acceptors (Lipinski definition) is 4. The van der Waals surface area contributed by atoms with E-state index in [0.29, 0.717) is 28.7 Å². The number of benzene rings is 1. The van der Waals surface area contributed by atoms with Gasteiger partial charge in [0.1, 0.15) is 18.1 Å². The Labute approximate surface area is 152 Å². The fraction of sp³-hybridized carbons (Fsp3) is 0.211. The third kappa shape index (κ3) is 3.28. The van der Waals surface area contributed by atoms with Crippen molar-refractivity contribution in [3.8, 4) is 0 Å². The van der Waals surface area contributed by atoms with E-state index in [1.165, 1.54) is 0 Å². The molecule has 25 heavy (non-hydrogen) atoms. The van der Waals surface area contributed by atoms with Crippen molar-refractivity contribution in [3.05, 3.63) is 65.3 Å². The summed E-state index contributed by atoms with van der Waals surface area (Å²) in [6.07, 6.45) is 1.70. The summed E-state index contributed by atoms with van der Waals surface area (Å²) < 4.78 is 0. The first-order valence-corrected chi connectivity index (χ1v) is 8.30. The molecule has 0 spiro atoms. The van der Waals surface area contributed by atoms with Crippen molar-refractivity contribution in [1.82, 2.24) is 4.98 Å². The Bertz CT molecular complexity index is 860. The van der Waals surface area contributed by atoms with Gasteiger partial charge in [0.15, 0.2) is 0 Å². The van der Waals surface area contributed by atoms with Crippen LogP contribution in [0.3, 0.4) is 0 Å². The SMILES string of the molecule is C=CCN1C(=O)CN=C(c2ccccc2Cl)c2nc(N(C)C)ccc21. The molecule has 5 nitrogen and oxygen atoms in total. The second kappa shape index (κ2) is 7.07. The van der Waals surface area contributed by atoms with Gasteiger partial charge in [0.05, 0.1) is 16.4 Å². The van der Waals surface area contributed by atoms with Crippen LogP contribution < -0.4 is 9.80 Å². The van der Waals surface area contributed by atoms with Crippen molar-refractivity contribution in [2.45, 2.75) is 0 Å². The predicted octanol–water partition coefficient (Wildman–Crippen LogP) is 3.17. The number of halogens is 1. The maximum absolute atomic E-state index is 12.5. The van der Waals surface area contributed by atoms with Gasteiger partial charge in [-0.2, -0.15) is 0 Å². The number of hydrogen-bond donors (Lipinski definition) is 0. The fourth-order valence-electron chi connectivity index (χ4n) is 2.72. The standard InChI is InChI=1S/C19H19ClN4O/c1-4-11-24-15-9-10-16(23(2)3)22-19(15)18(21-12-17(24)25)13-7-5-6-8-14(13)20/h4-10H,1,11-12H2,2-3H3. The van der Waals surface area contributed by atoms with E-state index in [-0.39, 0.29) is 12.5 Å². The largest absolute Gasteiger partial charge is 0.363 e. The van der Waals surface area contributed by atoms with Crippen LogP contribution in [0.15, 0.2) is 54.0 Å². The van der Waals surface area contributed by atoms with Gasteiger partial charge in [-0.3, -0.25) is 9.79 Å². The molecular weight excluding hydrogens is 336 g/mol. The molecule has 0 N–H and O–H groups in total. The van der Waals surface area contributed by atoms with Gasteiger partial charge in [-0.25, -0.2) is 4.98 Å². The lowest BCUT2D eigenvalue weighted by molar-refractivity contribution is -0.117. The number of fused-ring (bicyclic) bond motifs is 1. The number of aliphatic imine (C=N–C) groups is 1. The highest BCUT2D eigenvalue weighted by Gasteiger charge is 2.27.